The van der Waals surface area contributed by atoms with Gasteiger partial charge in [0, 0.05) is 11.3 Å². The van der Waals surface area contributed by atoms with Crippen LogP contribution < -0.4 is 14.8 Å². The first kappa shape index (κ1) is 16.1. The maximum absolute atomic E-state index is 13.3. The molecule has 0 saturated carbocycles. The van der Waals surface area contributed by atoms with Gasteiger partial charge in [-0.05, 0) is 42.0 Å². The number of nitrogens with zero attached hydrogens (tertiary/aromatic N) is 3. The summed E-state index contributed by atoms with van der Waals surface area (Å²) >= 11 is 0. The Bertz CT molecular complexity index is 966. The molecule has 0 saturated heterocycles. The Morgan fingerprint density at radius 3 is 2.62 bits per heavy atom. The van der Waals surface area contributed by atoms with Crippen molar-refractivity contribution in [1.82, 2.24) is 14.8 Å². The molecule has 3 aromatic rings. The van der Waals surface area contributed by atoms with Gasteiger partial charge in [-0.3, -0.25) is 0 Å². The van der Waals surface area contributed by atoms with Crippen molar-refractivity contribution in [1.29, 1.82) is 0 Å². The normalized spacial score (nSPS) is 15.7. The predicted molar refractivity (Wildman–Crippen MR) is 95.7 cm³/mol. The highest BCUT2D eigenvalue weighted by Gasteiger charge is 2.27. The number of methoxy groups -OCH3 is 2. The fourth-order valence-corrected chi connectivity index (χ4v) is 3.10. The number of para-hydroxylation sites is 1. The maximum Gasteiger partial charge on any atom is 0.226 e. The highest BCUT2D eigenvalue weighted by molar-refractivity contribution is 5.77. The molecule has 2 heterocycles. The number of hydrogen-bond acceptors (Lipinski definition) is 5. The summed E-state index contributed by atoms with van der Waals surface area (Å²) in [6, 6.07) is 11.8. The van der Waals surface area contributed by atoms with Crippen LogP contribution in [0.2, 0.25) is 0 Å². The van der Waals surface area contributed by atoms with Crippen molar-refractivity contribution in [2.75, 3.05) is 19.5 Å². The molecule has 1 aliphatic rings. The van der Waals surface area contributed by atoms with Crippen LogP contribution in [0.5, 0.6) is 11.5 Å². The van der Waals surface area contributed by atoms with Crippen LogP contribution >= 0.6 is 0 Å². The monoisotopic (exact) mass is 352 g/mol. The topological polar surface area (TPSA) is 61.2 Å². The average Bonchev–Trinajstić information content (AvgIpc) is 3.15. The number of nitrogens with one attached hydrogen (secondary N) is 1. The van der Waals surface area contributed by atoms with Crippen LogP contribution in [0.15, 0.2) is 54.9 Å². The fourth-order valence-electron chi connectivity index (χ4n) is 3.10. The zero-order valence-corrected chi connectivity index (χ0v) is 14.3. The molecular weight excluding hydrogens is 335 g/mol. The number of benzene rings is 2. The quantitative estimate of drug-likeness (QED) is 0.779. The average molecular weight is 352 g/mol. The molecule has 0 radical (unpaired) electrons. The predicted octanol–water partition coefficient (Wildman–Crippen LogP) is 3.49. The van der Waals surface area contributed by atoms with Crippen molar-refractivity contribution in [3.05, 3.63) is 71.8 Å². The van der Waals surface area contributed by atoms with Gasteiger partial charge in [-0.25, -0.2) is 9.07 Å². The van der Waals surface area contributed by atoms with Gasteiger partial charge in [0.25, 0.3) is 0 Å². The van der Waals surface area contributed by atoms with E-state index in [1.165, 1.54) is 18.5 Å². The van der Waals surface area contributed by atoms with Crippen molar-refractivity contribution in [2.45, 2.75) is 6.04 Å². The van der Waals surface area contributed by atoms with E-state index in [1.807, 2.05) is 24.3 Å². The van der Waals surface area contributed by atoms with E-state index in [4.69, 9.17) is 9.47 Å². The van der Waals surface area contributed by atoms with Gasteiger partial charge in [-0.15, -0.1) is 0 Å². The van der Waals surface area contributed by atoms with Gasteiger partial charge >= 0.3 is 0 Å². The van der Waals surface area contributed by atoms with Crippen molar-refractivity contribution >= 4 is 11.6 Å². The lowest BCUT2D eigenvalue weighted by Gasteiger charge is -2.26. The molecule has 0 aliphatic carbocycles. The Balaban J connectivity index is 1.85. The van der Waals surface area contributed by atoms with Gasteiger partial charge in [0.2, 0.25) is 5.95 Å². The van der Waals surface area contributed by atoms with Crippen LogP contribution in [0.25, 0.3) is 5.70 Å². The van der Waals surface area contributed by atoms with E-state index in [0.29, 0.717) is 17.4 Å². The van der Waals surface area contributed by atoms with Crippen LogP contribution in [0.1, 0.15) is 17.2 Å². The lowest BCUT2D eigenvalue weighted by atomic mass is 10.0. The van der Waals surface area contributed by atoms with Crippen molar-refractivity contribution in [3.63, 3.8) is 0 Å². The third-order valence-corrected chi connectivity index (χ3v) is 4.31. The molecule has 1 N–H and O–H groups in total. The Labute approximate surface area is 149 Å². The smallest absolute Gasteiger partial charge is 0.226 e. The lowest BCUT2D eigenvalue weighted by Crippen LogP contribution is -2.20. The number of anilines is 1. The molecule has 1 aromatic heterocycles. The minimum absolute atomic E-state index is 0.251. The molecule has 2 aromatic carbocycles. The van der Waals surface area contributed by atoms with E-state index < -0.39 is 0 Å². The molecule has 6 nitrogen and oxygen atoms in total. The van der Waals surface area contributed by atoms with Gasteiger partial charge in [0.1, 0.15) is 18.2 Å². The minimum Gasteiger partial charge on any atom is -0.493 e. The number of fused-ring (bicyclic) bond motifs is 1. The summed E-state index contributed by atoms with van der Waals surface area (Å²) in [5, 5.41) is 7.56. The summed E-state index contributed by atoms with van der Waals surface area (Å²) in [5.41, 5.74) is 2.56. The zero-order chi connectivity index (χ0) is 18.1. The third kappa shape index (κ3) is 2.67. The SMILES string of the molecule is COc1cccc([C@@H]2C=C(c3ccc(F)cc3)Nc3ncnn32)c1OC. The summed E-state index contributed by atoms with van der Waals surface area (Å²) in [6.45, 7) is 0. The number of ether oxygens (including phenoxy) is 2. The van der Waals surface area contributed by atoms with Crippen molar-refractivity contribution in [3.8, 4) is 11.5 Å². The van der Waals surface area contributed by atoms with Gasteiger partial charge in [-0.2, -0.15) is 10.1 Å². The first-order valence-corrected chi connectivity index (χ1v) is 8.06. The highest BCUT2D eigenvalue weighted by Crippen LogP contribution is 2.40. The second kappa shape index (κ2) is 6.51. The van der Waals surface area contributed by atoms with Gasteiger partial charge < -0.3 is 14.8 Å². The summed E-state index contributed by atoms with van der Waals surface area (Å²) in [6.07, 6.45) is 3.50. The Morgan fingerprint density at radius 1 is 1.08 bits per heavy atom. The second-order valence-electron chi connectivity index (χ2n) is 5.77. The largest absolute Gasteiger partial charge is 0.493 e. The molecule has 4 rings (SSSR count). The number of rotatable bonds is 4. The molecule has 0 amide bonds. The number of halogens is 1. The van der Waals surface area contributed by atoms with Crippen LogP contribution in [0.4, 0.5) is 10.3 Å². The standard InChI is InChI=1S/C19H17FN4O2/c1-25-17-5-3-4-14(18(17)26-2)16-10-15(12-6-8-13(20)9-7-12)23-19-21-11-22-24(16)19/h3-11,16H,1-2H3,(H,21,22,23)/t16-/m0/s1. The number of aromatic nitrogens is 3. The molecule has 26 heavy (non-hydrogen) atoms. The molecule has 1 atom stereocenters. The van der Waals surface area contributed by atoms with Crippen LogP contribution in [0, 0.1) is 5.82 Å². The molecule has 0 bridgehead atoms. The third-order valence-electron chi connectivity index (χ3n) is 4.31. The number of allylic oxidation sites excluding steroid dienone is 1. The summed E-state index contributed by atoms with van der Waals surface area (Å²) in [5.74, 6) is 1.60. The Hall–Kier alpha value is -3.35. The molecule has 0 unspecified atom stereocenters. The molecule has 0 spiro atoms. The molecule has 132 valence electrons. The molecule has 1 aliphatic heterocycles. The van der Waals surface area contributed by atoms with E-state index >= 15 is 0 Å². The van der Waals surface area contributed by atoms with E-state index in [-0.39, 0.29) is 11.9 Å². The molecule has 0 fully saturated rings. The summed E-state index contributed by atoms with van der Waals surface area (Å²) < 4.78 is 26.0. The molecular formula is C19H17FN4O2. The van der Waals surface area contributed by atoms with E-state index in [9.17, 15) is 4.39 Å². The van der Waals surface area contributed by atoms with E-state index in [1.54, 1.807) is 31.0 Å². The first-order chi connectivity index (χ1) is 12.7. The van der Waals surface area contributed by atoms with E-state index in [0.717, 1.165) is 16.8 Å². The van der Waals surface area contributed by atoms with Crippen LogP contribution in [-0.4, -0.2) is 29.0 Å². The summed E-state index contributed by atoms with van der Waals surface area (Å²) in [7, 11) is 3.21. The second-order valence-corrected chi connectivity index (χ2v) is 5.77. The lowest BCUT2D eigenvalue weighted by molar-refractivity contribution is 0.349. The van der Waals surface area contributed by atoms with Crippen molar-refractivity contribution in [2.24, 2.45) is 0 Å². The number of hydrogen-bond donors (Lipinski definition) is 1. The van der Waals surface area contributed by atoms with E-state index in [2.05, 4.69) is 15.4 Å². The highest BCUT2D eigenvalue weighted by atomic mass is 19.1. The zero-order valence-electron chi connectivity index (χ0n) is 14.3. The Morgan fingerprint density at radius 2 is 1.88 bits per heavy atom. The van der Waals surface area contributed by atoms with Crippen LogP contribution in [0.3, 0.4) is 0 Å². The maximum atomic E-state index is 13.3. The first-order valence-electron chi connectivity index (χ1n) is 8.06. The van der Waals surface area contributed by atoms with Gasteiger partial charge in [0.05, 0.1) is 14.2 Å². The van der Waals surface area contributed by atoms with Crippen molar-refractivity contribution < 1.29 is 13.9 Å². The fraction of sp³-hybridized carbons (Fsp3) is 0.158. The van der Waals surface area contributed by atoms with Crippen LogP contribution in [-0.2, 0) is 0 Å². The summed E-state index contributed by atoms with van der Waals surface area (Å²) in [4.78, 5) is 4.28. The van der Waals surface area contributed by atoms with Gasteiger partial charge in [0.15, 0.2) is 11.5 Å². The van der Waals surface area contributed by atoms with Gasteiger partial charge in [-0.1, -0.05) is 12.1 Å². The Kier molecular flexibility index (Phi) is 4.04. The minimum atomic E-state index is -0.278. The molecule has 7 heteroatoms.